The third-order valence-corrected chi connectivity index (χ3v) is 8.68. The first-order valence-electron chi connectivity index (χ1n) is 10.4. The van der Waals surface area contributed by atoms with Crippen LogP contribution in [0.2, 0.25) is 15.5 Å². The number of nitrogens with zero attached hydrogens (tertiary/aromatic N) is 4. The van der Waals surface area contributed by atoms with E-state index in [2.05, 4.69) is 25.5 Å². The molecule has 16 nitrogen and oxygen atoms in total. The van der Waals surface area contributed by atoms with Crippen LogP contribution >= 0.6 is 34.8 Å². The van der Waals surface area contributed by atoms with Gasteiger partial charge in [-0.2, -0.15) is 30.2 Å². The van der Waals surface area contributed by atoms with Gasteiger partial charge in [-0.3, -0.25) is 13.7 Å². The Morgan fingerprint density at radius 2 is 1.40 bits per heavy atom. The maximum absolute atomic E-state index is 12.2. The van der Waals surface area contributed by atoms with Gasteiger partial charge in [0, 0.05) is 5.39 Å². The van der Waals surface area contributed by atoms with Gasteiger partial charge >= 0.3 is 0 Å². The molecule has 0 unspecified atom stereocenters. The minimum Gasteiger partial charge on any atom is -0.506 e. The van der Waals surface area contributed by atoms with Crippen molar-refractivity contribution in [3.63, 3.8) is 0 Å². The van der Waals surface area contributed by atoms with Gasteiger partial charge in [0.25, 0.3) is 30.4 Å². The van der Waals surface area contributed by atoms with Gasteiger partial charge in [-0.15, -0.1) is 10.2 Å². The molecule has 1 heterocycles. The molecule has 22 heteroatoms. The van der Waals surface area contributed by atoms with Gasteiger partial charge in [-0.25, -0.2) is 4.98 Å². The van der Waals surface area contributed by atoms with Crippen molar-refractivity contribution in [1.82, 2.24) is 9.97 Å². The van der Waals surface area contributed by atoms with Crippen molar-refractivity contribution in [3.8, 4) is 11.5 Å². The molecule has 0 bridgehead atoms. The van der Waals surface area contributed by atoms with Crippen LogP contribution in [0.4, 0.5) is 22.9 Å². The largest absolute Gasteiger partial charge is 0.506 e. The molecule has 6 N–H and O–H groups in total. The van der Waals surface area contributed by atoms with Gasteiger partial charge in [0.15, 0.2) is 16.7 Å². The molecule has 0 spiro atoms. The molecule has 0 saturated carbocycles. The summed E-state index contributed by atoms with van der Waals surface area (Å²) < 4.78 is 100. The summed E-state index contributed by atoms with van der Waals surface area (Å²) in [6.07, 6.45) is 0. The first-order valence-corrected chi connectivity index (χ1v) is 15.9. The molecule has 0 atom stereocenters. The van der Waals surface area contributed by atoms with Crippen molar-refractivity contribution < 1.29 is 49.1 Å². The summed E-state index contributed by atoms with van der Waals surface area (Å²) in [6, 6.07) is 4.50. The summed E-state index contributed by atoms with van der Waals surface area (Å²) in [7, 11) is -15.0. The predicted octanol–water partition coefficient (Wildman–Crippen LogP) is 4.90. The monoisotopic (exact) mass is 699 g/mol. The SMILES string of the molecule is O=S(=O)(O)c1ccc(O)c(N=Nc2c(S(=O)(=O)O)cc3cc(S(=O)(=O)O)cc(Nc4nc(Cl)nc(Cl)c4Cl)c3c2O)c1. The quantitative estimate of drug-likeness (QED) is 0.0648. The van der Waals surface area contributed by atoms with Crippen molar-refractivity contribution in [2.45, 2.75) is 14.7 Å². The second kappa shape index (κ2) is 11.0. The highest BCUT2D eigenvalue weighted by Crippen LogP contribution is 2.46. The summed E-state index contributed by atoms with van der Waals surface area (Å²) in [4.78, 5) is 4.74. The molecule has 222 valence electrons. The van der Waals surface area contributed by atoms with Crippen molar-refractivity contribution in [2.75, 3.05) is 5.32 Å². The molecule has 0 aliphatic carbocycles. The summed E-state index contributed by atoms with van der Waals surface area (Å²) >= 11 is 17.8. The maximum Gasteiger partial charge on any atom is 0.296 e. The van der Waals surface area contributed by atoms with E-state index in [4.69, 9.17) is 34.8 Å². The topological polar surface area (TPSA) is 266 Å². The lowest BCUT2D eigenvalue weighted by molar-refractivity contribution is 0.471. The number of azo groups is 1. The molecule has 0 amide bonds. The Morgan fingerprint density at radius 3 is 2.00 bits per heavy atom. The van der Waals surface area contributed by atoms with E-state index in [0.717, 1.165) is 24.3 Å². The molecule has 0 saturated heterocycles. The Bertz CT molecular complexity index is 2160. The van der Waals surface area contributed by atoms with Crippen molar-refractivity contribution in [3.05, 3.63) is 51.9 Å². The lowest BCUT2D eigenvalue weighted by Gasteiger charge is -2.16. The van der Waals surface area contributed by atoms with Crippen LogP contribution in [0, 0.1) is 0 Å². The van der Waals surface area contributed by atoms with Crippen LogP contribution < -0.4 is 5.32 Å². The van der Waals surface area contributed by atoms with E-state index in [1.54, 1.807) is 0 Å². The summed E-state index contributed by atoms with van der Waals surface area (Å²) in [5.41, 5.74) is -2.00. The number of fused-ring (bicyclic) bond motifs is 1. The van der Waals surface area contributed by atoms with Crippen LogP contribution in [0.5, 0.6) is 11.5 Å². The van der Waals surface area contributed by atoms with E-state index in [9.17, 15) is 49.1 Å². The number of hydrogen-bond acceptors (Lipinski definition) is 13. The molecule has 4 rings (SSSR count). The fourth-order valence-electron chi connectivity index (χ4n) is 3.45. The molecule has 0 aliphatic heterocycles. The van der Waals surface area contributed by atoms with Crippen LogP contribution in [0.25, 0.3) is 10.8 Å². The number of hydrogen-bond donors (Lipinski definition) is 6. The molecule has 1 aromatic heterocycles. The highest BCUT2D eigenvalue weighted by Gasteiger charge is 2.26. The van der Waals surface area contributed by atoms with Crippen molar-refractivity contribution in [2.24, 2.45) is 10.2 Å². The zero-order valence-corrected chi connectivity index (χ0v) is 24.5. The number of halogens is 3. The number of rotatable bonds is 7. The highest BCUT2D eigenvalue weighted by atomic mass is 35.5. The fourth-order valence-corrected chi connectivity index (χ4v) is 5.67. The third-order valence-electron chi connectivity index (χ3n) is 5.24. The highest BCUT2D eigenvalue weighted by molar-refractivity contribution is 7.86. The third kappa shape index (κ3) is 6.48. The Labute approximate surface area is 250 Å². The number of nitrogens with one attached hydrogen (secondary N) is 1. The zero-order valence-electron chi connectivity index (χ0n) is 19.8. The fraction of sp³-hybridized carbons (Fsp3) is 0. The Balaban J connectivity index is 2.06. The zero-order chi connectivity index (χ0) is 31.4. The summed E-state index contributed by atoms with van der Waals surface area (Å²) in [6.45, 7) is 0. The first-order chi connectivity index (χ1) is 19.3. The van der Waals surface area contributed by atoms with Gasteiger partial charge in [0.2, 0.25) is 5.28 Å². The van der Waals surface area contributed by atoms with Gasteiger partial charge in [-0.05, 0) is 53.4 Å². The smallest absolute Gasteiger partial charge is 0.296 e. The molecule has 0 radical (unpaired) electrons. The van der Waals surface area contributed by atoms with Gasteiger partial charge < -0.3 is 15.5 Å². The van der Waals surface area contributed by atoms with Gasteiger partial charge in [-0.1, -0.05) is 23.2 Å². The van der Waals surface area contributed by atoms with E-state index in [1.807, 2.05) is 0 Å². The van der Waals surface area contributed by atoms with E-state index in [1.165, 1.54) is 0 Å². The van der Waals surface area contributed by atoms with Crippen molar-refractivity contribution in [1.29, 1.82) is 0 Å². The van der Waals surface area contributed by atoms with Crippen LogP contribution in [0.1, 0.15) is 0 Å². The minimum absolute atomic E-state index is 0.324. The summed E-state index contributed by atoms with van der Waals surface area (Å²) in [5, 5.41) is 28.9. The molecular weight excluding hydrogens is 689 g/mol. The Morgan fingerprint density at radius 1 is 0.762 bits per heavy atom. The van der Waals surface area contributed by atoms with E-state index in [0.29, 0.717) is 12.1 Å². The number of phenols is 2. The number of anilines is 2. The van der Waals surface area contributed by atoms with Crippen molar-refractivity contribution >= 4 is 98.8 Å². The second-order valence-corrected chi connectivity index (χ2v) is 13.3. The molecular formula is C20H12Cl3N5O11S3. The lowest BCUT2D eigenvalue weighted by atomic mass is 10.1. The minimum atomic E-state index is -5.25. The number of phenolic OH excluding ortho intramolecular Hbond substituents is 2. The van der Waals surface area contributed by atoms with Crippen LogP contribution in [0.3, 0.4) is 0 Å². The van der Waals surface area contributed by atoms with E-state index < -0.39 is 89.7 Å². The molecule has 4 aromatic rings. The van der Waals surface area contributed by atoms with E-state index >= 15 is 0 Å². The Hall–Kier alpha value is -3.40. The lowest BCUT2D eigenvalue weighted by Crippen LogP contribution is -2.04. The van der Waals surface area contributed by atoms with E-state index in [-0.39, 0.29) is 16.0 Å². The normalized spacial score (nSPS) is 12.7. The first kappa shape index (κ1) is 31.5. The number of benzene rings is 3. The van der Waals surface area contributed by atoms with Gasteiger partial charge in [0.05, 0.1) is 15.5 Å². The average molecular weight is 701 g/mol. The Kier molecular flexibility index (Phi) is 8.28. The average Bonchev–Trinajstić information content (AvgIpc) is 2.85. The predicted molar refractivity (Wildman–Crippen MR) is 148 cm³/mol. The molecule has 3 aromatic carbocycles. The van der Waals surface area contributed by atoms with Crippen LogP contribution in [-0.2, 0) is 30.4 Å². The summed E-state index contributed by atoms with van der Waals surface area (Å²) in [5.74, 6) is -2.09. The molecule has 0 fully saturated rings. The standard InChI is InChI=1S/C20H12Cl3N5O11S3/c21-15-18(22)25-20(23)26-19(15)24-11-6-9(41(34,35)36)3-7-4-13(42(37,38)39)16(17(30)14(7)11)28-27-10-5-8(40(31,32)33)1-2-12(10)29/h1-6,29-30H,(H,24,25,26)(H,31,32,33)(H,34,35,36)(H,37,38,39). The molecule has 42 heavy (non-hydrogen) atoms. The van der Waals surface area contributed by atoms with Crippen LogP contribution in [-0.4, -0.2) is 59.1 Å². The second-order valence-electron chi connectivity index (χ2n) is 7.99. The maximum atomic E-state index is 12.2. The number of aromatic hydroxyl groups is 2. The number of aromatic nitrogens is 2. The molecule has 0 aliphatic rings. The van der Waals surface area contributed by atoms with Gasteiger partial charge in [0.1, 0.15) is 27.0 Å². The van der Waals surface area contributed by atoms with Crippen LogP contribution in [0.15, 0.2) is 61.3 Å².